The molecule has 1 atom stereocenters. The van der Waals surface area contributed by atoms with Gasteiger partial charge in [0, 0.05) is 20.7 Å². The summed E-state index contributed by atoms with van der Waals surface area (Å²) in [5, 5.41) is 3.52. The number of anilines is 1. The van der Waals surface area contributed by atoms with Crippen molar-refractivity contribution in [2.24, 2.45) is 0 Å². The molecule has 15 heavy (non-hydrogen) atoms. The van der Waals surface area contributed by atoms with Crippen molar-refractivity contribution in [3.05, 3.63) is 39.3 Å². The van der Waals surface area contributed by atoms with Crippen molar-refractivity contribution in [2.45, 2.75) is 25.3 Å². The monoisotopic (exact) mass is 329 g/mol. The first-order valence-corrected chi connectivity index (χ1v) is 6.72. The van der Waals surface area contributed by atoms with Gasteiger partial charge in [0.25, 0.3) is 0 Å². The minimum absolute atomic E-state index is 0.483. The van der Waals surface area contributed by atoms with Crippen LogP contribution in [-0.4, -0.2) is 6.04 Å². The quantitative estimate of drug-likeness (QED) is 0.773. The van der Waals surface area contributed by atoms with E-state index in [0.717, 1.165) is 14.6 Å². The highest BCUT2D eigenvalue weighted by Crippen LogP contribution is 2.27. The van der Waals surface area contributed by atoms with Crippen molar-refractivity contribution in [1.29, 1.82) is 0 Å². The Labute approximate surface area is 107 Å². The summed E-state index contributed by atoms with van der Waals surface area (Å²) in [5.74, 6) is 0. The zero-order chi connectivity index (χ0) is 10.7. The molecule has 0 heterocycles. The highest BCUT2D eigenvalue weighted by molar-refractivity contribution is 9.11. The summed E-state index contributed by atoms with van der Waals surface area (Å²) in [5.41, 5.74) is 1.16. The van der Waals surface area contributed by atoms with Crippen molar-refractivity contribution in [3.8, 4) is 0 Å². The molecule has 0 fully saturated rings. The summed E-state index contributed by atoms with van der Waals surface area (Å²) in [6.45, 7) is 0. The Kier molecular flexibility index (Phi) is 3.87. The van der Waals surface area contributed by atoms with Gasteiger partial charge in [-0.2, -0.15) is 0 Å². The molecule has 2 rings (SSSR count). The molecule has 1 aromatic rings. The van der Waals surface area contributed by atoms with Gasteiger partial charge >= 0.3 is 0 Å². The van der Waals surface area contributed by atoms with E-state index in [0.29, 0.717) is 6.04 Å². The van der Waals surface area contributed by atoms with Crippen LogP contribution in [0, 0.1) is 0 Å². The number of halogens is 2. The molecule has 1 aromatic carbocycles. The maximum Gasteiger partial charge on any atom is 0.0490 e. The Balaban J connectivity index is 2.09. The van der Waals surface area contributed by atoms with Gasteiger partial charge in [-0.25, -0.2) is 0 Å². The summed E-state index contributed by atoms with van der Waals surface area (Å²) in [6, 6.07) is 6.70. The molecule has 1 aliphatic carbocycles. The fourth-order valence-corrected chi connectivity index (χ4v) is 2.90. The minimum Gasteiger partial charge on any atom is -0.378 e. The third-order valence-electron chi connectivity index (χ3n) is 2.53. The number of hydrogen-bond acceptors (Lipinski definition) is 1. The van der Waals surface area contributed by atoms with E-state index in [9.17, 15) is 0 Å². The molecule has 0 radical (unpaired) electrons. The first kappa shape index (κ1) is 11.2. The number of nitrogens with one attached hydrogen (secondary N) is 1. The fraction of sp³-hybridized carbons (Fsp3) is 0.333. The normalized spacial score (nSPS) is 20.3. The second-order valence-electron chi connectivity index (χ2n) is 3.73. The largest absolute Gasteiger partial charge is 0.378 e. The van der Waals surface area contributed by atoms with Crippen molar-refractivity contribution in [2.75, 3.05) is 5.32 Å². The van der Waals surface area contributed by atoms with Gasteiger partial charge in [-0.05, 0) is 53.4 Å². The van der Waals surface area contributed by atoms with E-state index in [-0.39, 0.29) is 0 Å². The predicted molar refractivity (Wildman–Crippen MR) is 72.2 cm³/mol. The fourth-order valence-electron chi connectivity index (χ4n) is 1.74. The summed E-state index contributed by atoms with van der Waals surface area (Å²) >= 11 is 7.01. The van der Waals surface area contributed by atoms with Crippen molar-refractivity contribution in [3.63, 3.8) is 0 Å². The average molecular weight is 331 g/mol. The van der Waals surface area contributed by atoms with E-state index in [4.69, 9.17) is 0 Å². The van der Waals surface area contributed by atoms with Crippen LogP contribution >= 0.6 is 31.9 Å². The average Bonchev–Trinajstić information content (AvgIpc) is 2.24. The minimum atomic E-state index is 0.483. The van der Waals surface area contributed by atoms with E-state index < -0.39 is 0 Å². The lowest BCUT2D eigenvalue weighted by atomic mass is 10.0. The predicted octanol–water partition coefficient (Wildman–Crippen LogP) is 4.73. The van der Waals surface area contributed by atoms with E-state index in [1.165, 1.54) is 19.3 Å². The molecule has 0 saturated carbocycles. The highest BCUT2D eigenvalue weighted by atomic mass is 79.9. The molecule has 0 spiro atoms. The number of benzene rings is 1. The van der Waals surface area contributed by atoms with E-state index in [1.807, 2.05) is 0 Å². The van der Waals surface area contributed by atoms with Crippen LogP contribution in [0.5, 0.6) is 0 Å². The van der Waals surface area contributed by atoms with Crippen LogP contribution in [0.3, 0.4) is 0 Å². The van der Waals surface area contributed by atoms with Crippen molar-refractivity contribution >= 4 is 37.5 Å². The SMILES string of the molecule is Brc1ccc(NC2C=CCCC2)c(Br)c1. The van der Waals surface area contributed by atoms with Gasteiger partial charge in [0.05, 0.1) is 0 Å². The summed E-state index contributed by atoms with van der Waals surface area (Å²) in [6.07, 6.45) is 8.24. The second-order valence-corrected chi connectivity index (χ2v) is 5.50. The Morgan fingerprint density at radius 2 is 2.13 bits per heavy atom. The Morgan fingerprint density at radius 3 is 2.80 bits per heavy atom. The van der Waals surface area contributed by atoms with Gasteiger partial charge in [0.15, 0.2) is 0 Å². The molecule has 1 unspecified atom stereocenters. The highest BCUT2D eigenvalue weighted by Gasteiger charge is 2.09. The molecular formula is C12H13Br2N. The molecule has 0 bridgehead atoms. The molecule has 3 heteroatoms. The van der Waals surface area contributed by atoms with E-state index in [2.05, 4.69) is 67.5 Å². The lowest BCUT2D eigenvalue weighted by molar-refractivity contribution is 0.673. The van der Waals surface area contributed by atoms with Gasteiger partial charge in [0.1, 0.15) is 0 Å². The lowest BCUT2D eigenvalue weighted by Gasteiger charge is -2.20. The molecule has 1 N–H and O–H groups in total. The van der Waals surface area contributed by atoms with Crippen molar-refractivity contribution in [1.82, 2.24) is 0 Å². The molecule has 0 saturated heterocycles. The van der Waals surface area contributed by atoms with Crippen LogP contribution in [0.2, 0.25) is 0 Å². The molecule has 1 aliphatic rings. The molecule has 0 amide bonds. The van der Waals surface area contributed by atoms with E-state index >= 15 is 0 Å². The molecular weight excluding hydrogens is 318 g/mol. The summed E-state index contributed by atoms with van der Waals surface area (Å²) in [7, 11) is 0. The third kappa shape index (κ3) is 3.08. The number of hydrogen-bond donors (Lipinski definition) is 1. The second kappa shape index (κ2) is 5.17. The molecule has 1 nitrogen and oxygen atoms in total. The van der Waals surface area contributed by atoms with Gasteiger partial charge in [-0.3, -0.25) is 0 Å². The van der Waals surface area contributed by atoms with Crippen LogP contribution < -0.4 is 5.32 Å². The smallest absolute Gasteiger partial charge is 0.0490 e. The van der Waals surface area contributed by atoms with Crippen LogP contribution in [0.4, 0.5) is 5.69 Å². The van der Waals surface area contributed by atoms with Crippen LogP contribution in [-0.2, 0) is 0 Å². The zero-order valence-corrected chi connectivity index (χ0v) is 11.5. The van der Waals surface area contributed by atoms with Gasteiger partial charge in [-0.1, -0.05) is 28.1 Å². The third-order valence-corrected chi connectivity index (χ3v) is 3.68. The van der Waals surface area contributed by atoms with Crippen LogP contribution in [0.1, 0.15) is 19.3 Å². The standard InChI is InChI=1S/C12H13Br2N/c13-9-6-7-12(11(14)8-9)15-10-4-2-1-3-5-10/h2,4,6-8,10,15H,1,3,5H2. The van der Waals surface area contributed by atoms with Crippen LogP contribution in [0.15, 0.2) is 39.3 Å². The van der Waals surface area contributed by atoms with Crippen LogP contribution in [0.25, 0.3) is 0 Å². The molecule has 0 aromatic heterocycles. The molecule has 0 aliphatic heterocycles. The number of allylic oxidation sites excluding steroid dienone is 1. The van der Waals surface area contributed by atoms with Gasteiger partial charge < -0.3 is 5.32 Å². The first-order chi connectivity index (χ1) is 7.25. The van der Waals surface area contributed by atoms with Crippen molar-refractivity contribution < 1.29 is 0 Å². The summed E-state index contributed by atoms with van der Waals surface area (Å²) in [4.78, 5) is 0. The topological polar surface area (TPSA) is 12.0 Å². The van der Waals surface area contributed by atoms with E-state index in [1.54, 1.807) is 0 Å². The maximum atomic E-state index is 3.56. The first-order valence-electron chi connectivity index (χ1n) is 5.14. The Bertz CT molecular complexity index is 374. The zero-order valence-electron chi connectivity index (χ0n) is 8.34. The Morgan fingerprint density at radius 1 is 1.27 bits per heavy atom. The Hall–Kier alpha value is -0.280. The molecule has 80 valence electrons. The van der Waals surface area contributed by atoms with Gasteiger partial charge in [-0.15, -0.1) is 0 Å². The summed E-state index contributed by atoms with van der Waals surface area (Å²) < 4.78 is 2.20. The maximum absolute atomic E-state index is 3.56. The number of rotatable bonds is 2. The lowest BCUT2D eigenvalue weighted by Crippen LogP contribution is -2.18. The van der Waals surface area contributed by atoms with Gasteiger partial charge in [0.2, 0.25) is 0 Å².